The number of anilines is 3. The van der Waals surface area contributed by atoms with Gasteiger partial charge in [0.25, 0.3) is 5.91 Å². The standard InChI is InChI=1S/C23H22FN7O5/c24-19-9-16(30-12-17(36-23(30)34)11-25-20-5-8-35-28-20)2-3-18(19)15-1-4-21(26-10-15)29-6-7-31(27-14-29)22(33)13-32/h1-5,8-10,14,17,32H,6-7,11-13H2,(H,25,28)/t17-/m0/s1. The van der Waals surface area contributed by atoms with Gasteiger partial charge >= 0.3 is 6.09 Å². The molecule has 1 saturated heterocycles. The molecule has 4 heterocycles. The first-order valence-corrected chi connectivity index (χ1v) is 11.1. The number of carbonyl (C=O) groups excluding carboxylic acids is 2. The lowest BCUT2D eigenvalue weighted by atomic mass is 10.1. The van der Waals surface area contributed by atoms with Crippen LogP contribution in [-0.4, -0.2) is 77.5 Å². The zero-order valence-electron chi connectivity index (χ0n) is 19.0. The quantitative estimate of drug-likeness (QED) is 0.503. The van der Waals surface area contributed by atoms with E-state index in [0.29, 0.717) is 48.1 Å². The maximum atomic E-state index is 15.0. The first-order valence-electron chi connectivity index (χ1n) is 11.1. The summed E-state index contributed by atoms with van der Waals surface area (Å²) in [6, 6.07) is 9.65. The third kappa shape index (κ3) is 4.81. The van der Waals surface area contributed by atoms with E-state index in [4.69, 9.17) is 14.4 Å². The van der Waals surface area contributed by atoms with E-state index in [1.807, 2.05) is 0 Å². The maximum absolute atomic E-state index is 15.0. The number of nitrogens with zero attached hydrogens (tertiary/aromatic N) is 6. The summed E-state index contributed by atoms with van der Waals surface area (Å²) >= 11 is 0. The van der Waals surface area contributed by atoms with Crippen molar-refractivity contribution in [3.8, 4) is 11.1 Å². The Balaban J connectivity index is 1.24. The Labute approximate surface area is 204 Å². The number of nitrogens with one attached hydrogen (secondary N) is 1. The lowest BCUT2D eigenvalue weighted by Gasteiger charge is -2.27. The maximum Gasteiger partial charge on any atom is 0.414 e. The zero-order chi connectivity index (χ0) is 25.1. The highest BCUT2D eigenvalue weighted by Gasteiger charge is 2.32. The molecule has 0 aliphatic carbocycles. The van der Waals surface area contributed by atoms with Crippen molar-refractivity contribution in [2.75, 3.05) is 47.9 Å². The second-order valence-corrected chi connectivity index (χ2v) is 8.05. The van der Waals surface area contributed by atoms with E-state index >= 15 is 4.39 Å². The normalized spacial score (nSPS) is 17.4. The number of hydrazone groups is 1. The van der Waals surface area contributed by atoms with Gasteiger partial charge in [-0.1, -0.05) is 5.16 Å². The molecule has 36 heavy (non-hydrogen) atoms. The van der Waals surface area contributed by atoms with Gasteiger partial charge in [0.1, 0.15) is 36.9 Å². The molecular formula is C23H22FN7O5. The summed E-state index contributed by atoms with van der Waals surface area (Å²) in [4.78, 5) is 31.4. The number of hydrogen-bond donors (Lipinski definition) is 2. The van der Waals surface area contributed by atoms with E-state index in [0.717, 1.165) is 0 Å². The van der Waals surface area contributed by atoms with Crippen LogP contribution >= 0.6 is 0 Å². The van der Waals surface area contributed by atoms with E-state index < -0.39 is 30.5 Å². The fraction of sp³-hybridized carbons (Fsp3) is 0.261. The van der Waals surface area contributed by atoms with Gasteiger partial charge in [-0.15, -0.1) is 0 Å². The van der Waals surface area contributed by atoms with E-state index in [2.05, 4.69) is 20.6 Å². The second-order valence-electron chi connectivity index (χ2n) is 8.05. The van der Waals surface area contributed by atoms with Crippen LogP contribution < -0.4 is 15.1 Å². The molecule has 2 aromatic heterocycles. The van der Waals surface area contributed by atoms with Gasteiger partial charge in [0, 0.05) is 29.9 Å². The third-order valence-electron chi connectivity index (χ3n) is 5.75. The van der Waals surface area contributed by atoms with Gasteiger partial charge < -0.3 is 24.6 Å². The van der Waals surface area contributed by atoms with Crippen molar-refractivity contribution >= 4 is 35.7 Å². The molecule has 13 heteroatoms. The molecule has 12 nitrogen and oxygen atoms in total. The molecule has 2 N–H and O–H groups in total. The Kier molecular flexibility index (Phi) is 6.45. The Morgan fingerprint density at radius 1 is 1.22 bits per heavy atom. The molecule has 2 amide bonds. The van der Waals surface area contributed by atoms with Crippen LogP contribution in [-0.2, 0) is 9.53 Å². The van der Waals surface area contributed by atoms with Crippen molar-refractivity contribution in [2.45, 2.75) is 6.10 Å². The molecule has 2 aliphatic heterocycles. The number of ether oxygens (including phenoxy) is 1. The molecule has 186 valence electrons. The second kappa shape index (κ2) is 10.00. The lowest BCUT2D eigenvalue weighted by Crippen LogP contribution is -2.41. The first-order chi connectivity index (χ1) is 17.5. The summed E-state index contributed by atoms with van der Waals surface area (Å²) < 4.78 is 25.1. The largest absolute Gasteiger partial charge is 0.442 e. The highest BCUT2D eigenvalue weighted by atomic mass is 19.1. The Morgan fingerprint density at radius 3 is 2.78 bits per heavy atom. The summed E-state index contributed by atoms with van der Waals surface area (Å²) in [5, 5.41) is 20.9. The molecule has 0 saturated carbocycles. The first kappa shape index (κ1) is 23.2. The molecule has 0 radical (unpaired) electrons. The average molecular weight is 495 g/mol. The Bertz CT molecular complexity index is 1270. The highest BCUT2D eigenvalue weighted by molar-refractivity contribution is 5.90. The van der Waals surface area contributed by atoms with Crippen LogP contribution in [0.25, 0.3) is 11.1 Å². The van der Waals surface area contributed by atoms with Crippen LogP contribution in [0.3, 0.4) is 0 Å². The number of pyridine rings is 1. The minimum atomic E-state index is -0.602. The summed E-state index contributed by atoms with van der Waals surface area (Å²) in [5.74, 6) is 0.136. The average Bonchev–Trinajstić information content (AvgIpc) is 3.56. The van der Waals surface area contributed by atoms with Gasteiger partial charge in [-0.25, -0.2) is 19.2 Å². The SMILES string of the molecule is O=C(CO)N1CCN(c2ccc(-c3ccc(N4C[C@H](CNc5ccon5)OC4=O)cc3F)cn2)C=N1. The number of amides is 2. The van der Waals surface area contributed by atoms with Crippen LogP contribution in [0, 0.1) is 5.82 Å². The predicted molar refractivity (Wildman–Crippen MR) is 127 cm³/mol. The van der Waals surface area contributed by atoms with E-state index in [9.17, 15) is 9.59 Å². The van der Waals surface area contributed by atoms with Crippen LogP contribution in [0.4, 0.5) is 26.5 Å². The fourth-order valence-corrected chi connectivity index (χ4v) is 3.87. The van der Waals surface area contributed by atoms with Gasteiger partial charge in [-0.05, 0) is 30.3 Å². The smallest absolute Gasteiger partial charge is 0.414 e. The lowest BCUT2D eigenvalue weighted by molar-refractivity contribution is -0.134. The van der Waals surface area contributed by atoms with E-state index in [-0.39, 0.29) is 6.54 Å². The molecule has 5 rings (SSSR count). The van der Waals surface area contributed by atoms with Crippen molar-refractivity contribution in [1.29, 1.82) is 0 Å². The number of rotatable bonds is 7. The van der Waals surface area contributed by atoms with Crippen LogP contribution in [0.1, 0.15) is 0 Å². The minimum Gasteiger partial charge on any atom is -0.442 e. The highest BCUT2D eigenvalue weighted by Crippen LogP contribution is 2.29. The number of carbonyl (C=O) groups is 2. The van der Waals surface area contributed by atoms with Crippen LogP contribution in [0.5, 0.6) is 0 Å². The predicted octanol–water partition coefficient (Wildman–Crippen LogP) is 1.90. The number of aliphatic hydroxyl groups is 1. The van der Waals surface area contributed by atoms with Crippen molar-refractivity contribution in [1.82, 2.24) is 15.1 Å². The Morgan fingerprint density at radius 2 is 2.11 bits per heavy atom. The van der Waals surface area contributed by atoms with Gasteiger partial charge in [-0.2, -0.15) is 5.10 Å². The van der Waals surface area contributed by atoms with E-state index in [1.165, 1.54) is 28.6 Å². The number of aliphatic hydroxyl groups excluding tert-OH is 1. The monoisotopic (exact) mass is 495 g/mol. The third-order valence-corrected chi connectivity index (χ3v) is 5.75. The summed E-state index contributed by atoms with van der Waals surface area (Å²) in [6.07, 6.45) is 3.45. The summed E-state index contributed by atoms with van der Waals surface area (Å²) in [5.41, 5.74) is 1.29. The number of benzene rings is 1. The topological polar surface area (TPSA) is 137 Å². The number of cyclic esters (lactones) is 1. The van der Waals surface area contributed by atoms with Crippen LogP contribution in [0.2, 0.25) is 0 Å². The number of hydrogen-bond acceptors (Lipinski definition) is 10. The van der Waals surface area contributed by atoms with Crippen molar-refractivity contribution < 1.29 is 28.3 Å². The van der Waals surface area contributed by atoms with Gasteiger partial charge in [-0.3, -0.25) is 9.69 Å². The van der Waals surface area contributed by atoms with Crippen molar-refractivity contribution in [3.05, 3.63) is 54.7 Å². The molecule has 1 fully saturated rings. The molecular weight excluding hydrogens is 473 g/mol. The van der Waals surface area contributed by atoms with Gasteiger partial charge in [0.2, 0.25) is 0 Å². The molecule has 2 aliphatic rings. The minimum absolute atomic E-state index is 0.261. The molecule has 3 aromatic rings. The van der Waals surface area contributed by atoms with Crippen molar-refractivity contribution in [3.63, 3.8) is 0 Å². The molecule has 0 bridgehead atoms. The zero-order valence-corrected chi connectivity index (χ0v) is 19.0. The van der Waals surface area contributed by atoms with Crippen LogP contribution in [0.15, 0.2) is 58.5 Å². The summed E-state index contributed by atoms with van der Waals surface area (Å²) in [7, 11) is 0. The molecule has 1 aromatic carbocycles. The van der Waals surface area contributed by atoms with Gasteiger partial charge in [0.05, 0.1) is 25.3 Å². The number of halogens is 1. The van der Waals surface area contributed by atoms with Crippen molar-refractivity contribution in [2.24, 2.45) is 5.10 Å². The van der Waals surface area contributed by atoms with E-state index in [1.54, 1.807) is 41.4 Å². The van der Waals surface area contributed by atoms with Gasteiger partial charge in [0.15, 0.2) is 5.82 Å². The molecule has 0 spiro atoms. The number of aromatic nitrogens is 2. The summed E-state index contributed by atoms with van der Waals surface area (Å²) in [6.45, 7) is 0.759. The molecule has 1 atom stereocenters. The molecule has 0 unspecified atom stereocenters. The Hall–Kier alpha value is -4.52. The fourth-order valence-electron chi connectivity index (χ4n) is 3.87.